The van der Waals surface area contributed by atoms with Crippen LogP contribution in [0.1, 0.15) is 13.3 Å². The molecule has 7 nitrogen and oxygen atoms in total. The zero-order chi connectivity index (χ0) is 18.0. The number of fused-ring (bicyclic) bond motifs is 1. The number of sulfone groups is 1. The molecule has 1 N–H and O–H groups in total. The number of nitrogens with zero attached hydrogens (tertiary/aromatic N) is 2. The average Bonchev–Trinajstić information content (AvgIpc) is 3.14. The van der Waals surface area contributed by atoms with Gasteiger partial charge in [-0.1, -0.05) is 11.8 Å². The molecule has 136 valence electrons. The van der Waals surface area contributed by atoms with Crippen LogP contribution >= 0.6 is 11.8 Å². The molecule has 0 radical (unpaired) electrons. The minimum Gasteiger partial charge on any atom is -0.494 e. The van der Waals surface area contributed by atoms with Gasteiger partial charge in [-0.2, -0.15) is 0 Å². The molecule has 2 aromatic rings. The lowest BCUT2D eigenvalue weighted by Gasteiger charge is -2.22. The molecule has 0 spiro atoms. The van der Waals surface area contributed by atoms with Crippen molar-refractivity contribution < 1.29 is 17.9 Å². The van der Waals surface area contributed by atoms with Crippen LogP contribution in [0, 0.1) is 0 Å². The molecule has 1 amide bonds. The number of H-pyrrole nitrogens is 1. The van der Waals surface area contributed by atoms with E-state index in [1.165, 1.54) is 11.8 Å². The summed E-state index contributed by atoms with van der Waals surface area (Å²) in [6, 6.07) is 5.40. The molecular formula is C16H21N3O4S2. The van der Waals surface area contributed by atoms with Crippen LogP contribution in [-0.2, 0) is 14.6 Å². The molecule has 1 aromatic carbocycles. The molecular weight excluding hydrogens is 362 g/mol. The van der Waals surface area contributed by atoms with Gasteiger partial charge in [0.05, 0.1) is 34.9 Å². The Bertz CT molecular complexity index is 879. The number of benzene rings is 1. The number of ether oxygens (including phenoxy) is 1. The van der Waals surface area contributed by atoms with E-state index in [2.05, 4.69) is 9.97 Å². The Morgan fingerprint density at radius 3 is 2.96 bits per heavy atom. The van der Waals surface area contributed by atoms with Crippen molar-refractivity contribution in [3.63, 3.8) is 0 Å². The van der Waals surface area contributed by atoms with Gasteiger partial charge in [0.25, 0.3) is 0 Å². The van der Waals surface area contributed by atoms with Crippen LogP contribution in [0.2, 0.25) is 0 Å². The molecule has 1 aliphatic heterocycles. The number of carbonyl (C=O) groups excluding carboxylic acids is 1. The number of hydrogen-bond donors (Lipinski definition) is 1. The smallest absolute Gasteiger partial charge is 0.233 e. The molecule has 0 aliphatic carbocycles. The number of nitrogens with one attached hydrogen (secondary N) is 1. The lowest BCUT2D eigenvalue weighted by atomic mass is 10.2. The van der Waals surface area contributed by atoms with Gasteiger partial charge in [0.1, 0.15) is 5.75 Å². The summed E-state index contributed by atoms with van der Waals surface area (Å²) >= 11 is 1.31. The molecule has 9 heteroatoms. The zero-order valence-corrected chi connectivity index (χ0v) is 15.8. The predicted octanol–water partition coefficient (Wildman–Crippen LogP) is 1.70. The summed E-state index contributed by atoms with van der Waals surface area (Å²) < 4.78 is 28.6. The van der Waals surface area contributed by atoms with Crippen LogP contribution in [-0.4, -0.2) is 66.1 Å². The highest BCUT2D eigenvalue weighted by molar-refractivity contribution is 7.99. The fourth-order valence-corrected chi connectivity index (χ4v) is 5.39. The Labute approximate surface area is 151 Å². The fourth-order valence-electron chi connectivity index (χ4n) is 2.81. The summed E-state index contributed by atoms with van der Waals surface area (Å²) in [4.78, 5) is 21.5. The third-order valence-electron chi connectivity index (χ3n) is 4.22. The molecule has 0 saturated carbocycles. The molecule has 0 bridgehead atoms. The second-order valence-corrected chi connectivity index (χ2v) is 9.20. The quantitative estimate of drug-likeness (QED) is 0.764. The van der Waals surface area contributed by atoms with Crippen LogP contribution in [0.3, 0.4) is 0 Å². The van der Waals surface area contributed by atoms with Crippen molar-refractivity contribution in [3.8, 4) is 5.75 Å². The Hall–Kier alpha value is -1.74. The number of imidazole rings is 1. The molecule has 1 atom stereocenters. The van der Waals surface area contributed by atoms with Crippen molar-refractivity contribution >= 4 is 38.5 Å². The zero-order valence-electron chi connectivity index (χ0n) is 14.2. The molecule has 1 aliphatic rings. The van der Waals surface area contributed by atoms with Gasteiger partial charge in [-0.05, 0) is 25.5 Å². The minimum absolute atomic E-state index is 0.0603. The van der Waals surface area contributed by atoms with E-state index in [0.29, 0.717) is 18.2 Å². The summed E-state index contributed by atoms with van der Waals surface area (Å²) in [5, 5.41) is 0.657. The molecule has 1 fully saturated rings. The molecule has 3 rings (SSSR count). The molecule has 25 heavy (non-hydrogen) atoms. The van der Waals surface area contributed by atoms with Crippen molar-refractivity contribution in [3.05, 3.63) is 18.2 Å². The van der Waals surface area contributed by atoms with Crippen LogP contribution < -0.4 is 4.74 Å². The van der Waals surface area contributed by atoms with E-state index in [1.54, 1.807) is 11.9 Å². The number of rotatable bonds is 6. The highest BCUT2D eigenvalue weighted by Gasteiger charge is 2.32. The highest BCUT2D eigenvalue weighted by atomic mass is 32.2. The minimum atomic E-state index is -3.00. The second kappa shape index (κ2) is 7.25. The Kier molecular flexibility index (Phi) is 5.24. The maximum absolute atomic E-state index is 12.3. The van der Waals surface area contributed by atoms with E-state index in [1.807, 2.05) is 25.1 Å². The van der Waals surface area contributed by atoms with Gasteiger partial charge < -0.3 is 14.6 Å². The van der Waals surface area contributed by atoms with Gasteiger partial charge in [-0.25, -0.2) is 13.4 Å². The van der Waals surface area contributed by atoms with Gasteiger partial charge >= 0.3 is 0 Å². The molecule has 2 heterocycles. The summed E-state index contributed by atoms with van der Waals surface area (Å²) in [7, 11) is -1.33. The van der Waals surface area contributed by atoms with Crippen LogP contribution in [0.15, 0.2) is 23.4 Å². The maximum Gasteiger partial charge on any atom is 0.233 e. The van der Waals surface area contributed by atoms with Crippen LogP contribution in [0.4, 0.5) is 0 Å². The van der Waals surface area contributed by atoms with E-state index in [4.69, 9.17) is 4.74 Å². The monoisotopic (exact) mass is 383 g/mol. The van der Waals surface area contributed by atoms with Crippen LogP contribution in [0.5, 0.6) is 5.75 Å². The highest BCUT2D eigenvalue weighted by Crippen LogP contribution is 2.24. The number of carbonyl (C=O) groups is 1. The molecule has 1 aromatic heterocycles. The fraction of sp³-hybridized carbons (Fsp3) is 0.500. The van der Waals surface area contributed by atoms with Crippen molar-refractivity contribution in [1.82, 2.24) is 14.9 Å². The first-order valence-corrected chi connectivity index (χ1v) is 10.9. The van der Waals surface area contributed by atoms with E-state index < -0.39 is 9.84 Å². The van der Waals surface area contributed by atoms with Gasteiger partial charge in [-0.15, -0.1) is 0 Å². The lowest BCUT2D eigenvalue weighted by Crippen LogP contribution is -2.38. The number of aromatic nitrogens is 2. The number of hydrogen-bond acceptors (Lipinski definition) is 6. The first-order chi connectivity index (χ1) is 11.9. The Morgan fingerprint density at radius 2 is 2.28 bits per heavy atom. The lowest BCUT2D eigenvalue weighted by molar-refractivity contribution is -0.128. The number of thioether (sulfide) groups is 1. The van der Waals surface area contributed by atoms with Crippen molar-refractivity contribution in [1.29, 1.82) is 0 Å². The van der Waals surface area contributed by atoms with E-state index >= 15 is 0 Å². The maximum atomic E-state index is 12.3. The Morgan fingerprint density at radius 1 is 1.48 bits per heavy atom. The van der Waals surface area contributed by atoms with Gasteiger partial charge in [0.15, 0.2) is 15.0 Å². The summed E-state index contributed by atoms with van der Waals surface area (Å²) in [5.74, 6) is 1.11. The van der Waals surface area contributed by atoms with Crippen molar-refractivity contribution in [2.24, 2.45) is 0 Å². The third kappa shape index (κ3) is 4.27. The van der Waals surface area contributed by atoms with Gasteiger partial charge in [0, 0.05) is 19.2 Å². The van der Waals surface area contributed by atoms with Gasteiger partial charge in [0.2, 0.25) is 5.91 Å². The summed E-state index contributed by atoms with van der Waals surface area (Å²) in [5.41, 5.74) is 1.67. The standard InChI is InChI=1S/C16H21N3O4S2/c1-3-23-12-4-5-13-14(8-12)18-16(17-13)24-9-15(20)19(2)11-6-7-25(21,22)10-11/h4-5,8,11H,3,6-7,9-10H2,1-2H3,(H,17,18)/t11-/m0/s1. The summed E-state index contributed by atoms with van der Waals surface area (Å²) in [6.07, 6.45) is 0.514. The van der Waals surface area contributed by atoms with Crippen molar-refractivity contribution in [2.45, 2.75) is 24.5 Å². The Balaban J connectivity index is 1.61. The van der Waals surface area contributed by atoms with Gasteiger partial charge in [-0.3, -0.25) is 4.79 Å². The predicted molar refractivity (Wildman–Crippen MR) is 97.8 cm³/mol. The normalized spacial score (nSPS) is 19.2. The first kappa shape index (κ1) is 18.1. The van der Waals surface area contributed by atoms with Crippen LogP contribution in [0.25, 0.3) is 11.0 Å². The first-order valence-electron chi connectivity index (χ1n) is 8.09. The van der Waals surface area contributed by atoms with E-state index in [9.17, 15) is 13.2 Å². The SMILES string of the molecule is CCOc1ccc2nc(SCC(=O)N(C)[C@H]3CCS(=O)(=O)C3)[nH]c2c1. The number of aromatic amines is 1. The van der Waals surface area contributed by atoms with E-state index in [0.717, 1.165) is 16.8 Å². The topological polar surface area (TPSA) is 92.4 Å². The molecule has 0 unspecified atom stereocenters. The summed E-state index contributed by atoms with van der Waals surface area (Å²) in [6.45, 7) is 2.52. The van der Waals surface area contributed by atoms with E-state index in [-0.39, 0.29) is 29.2 Å². The number of amides is 1. The third-order valence-corrected chi connectivity index (χ3v) is 6.83. The van der Waals surface area contributed by atoms with Crippen molar-refractivity contribution in [2.75, 3.05) is 30.9 Å². The second-order valence-electron chi connectivity index (χ2n) is 6.00. The average molecular weight is 383 g/mol. The largest absolute Gasteiger partial charge is 0.494 e. The molecule has 1 saturated heterocycles.